The Labute approximate surface area is 148 Å². The number of amides is 1. The molecule has 0 atom stereocenters. The normalized spacial score (nSPS) is 9.80. The molecule has 1 aromatic rings. The minimum Gasteiger partial charge on any atom is -0.691 e. The van der Waals surface area contributed by atoms with Crippen LogP contribution in [0.5, 0.6) is 5.75 Å². The summed E-state index contributed by atoms with van der Waals surface area (Å²) in [6.07, 6.45) is 0.229. The van der Waals surface area contributed by atoms with Crippen LogP contribution < -0.4 is 44.9 Å². The summed E-state index contributed by atoms with van der Waals surface area (Å²) < 4.78 is 9.40. The third-order valence-electron chi connectivity index (χ3n) is 2.26. The van der Waals surface area contributed by atoms with Crippen molar-refractivity contribution >= 4 is 35.2 Å². The zero-order chi connectivity index (χ0) is 14.3. The molecule has 0 saturated heterocycles. The Hall–Kier alpha value is 0.01000. The van der Waals surface area contributed by atoms with Gasteiger partial charge in [0, 0.05) is 24.1 Å². The van der Waals surface area contributed by atoms with E-state index in [1.54, 1.807) is 19.1 Å². The van der Waals surface area contributed by atoms with E-state index in [2.05, 4.69) is 14.7 Å². The number of hydrogen-bond acceptors (Lipinski definition) is 6. The summed E-state index contributed by atoms with van der Waals surface area (Å²) in [5, 5.41) is 15.8. The van der Waals surface area contributed by atoms with E-state index in [1.165, 1.54) is 7.11 Å². The van der Waals surface area contributed by atoms with Gasteiger partial charge in [0.25, 0.3) is 0 Å². The van der Waals surface area contributed by atoms with Crippen molar-refractivity contribution in [2.75, 3.05) is 18.3 Å². The topological polar surface area (TPSA) is 79.9 Å². The molecule has 0 radical (unpaired) electrons. The summed E-state index contributed by atoms with van der Waals surface area (Å²) in [5.74, 6) is 0.526. The number of aryl methyl sites for hydroxylation is 1. The van der Waals surface area contributed by atoms with E-state index in [4.69, 9.17) is 16.3 Å². The molecular weight excluding hydrogens is 317 g/mol. The summed E-state index contributed by atoms with van der Waals surface area (Å²) in [5.41, 5.74) is 1.40. The Bertz CT molecular complexity index is 449. The molecule has 0 aliphatic carbocycles. The predicted molar refractivity (Wildman–Crippen MR) is 69.7 cm³/mol. The van der Waals surface area contributed by atoms with Gasteiger partial charge in [-0.2, -0.15) is 4.33 Å². The molecule has 0 aromatic heterocycles. The molecule has 6 nitrogen and oxygen atoms in total. The van der Waals surface area contributed by atoms with E-state index in [0.29, 0.717) is 16.3 Å². The monoisotopic (exact) mass is 329 g/mol. The average Bonchev–Trinajstić information content (AvgIpc) is 2.39. The van der Waals surface area contributed by atoms with Crippen LogP contribution in [0.3, 0.4) is 0 Å². The Morgan fingerprint density at radius 1 is 1.50 bits per heavy atom. The first-order chi connectivity index (χ1) is 9.12. The van der Waals surface area contributed by atoms with Gasteiger partial charge in [0.1, 0.15) is 5.75 Å². The Kier molecular flexibility index (Phi) is 10.7. The summed E-state index contributed by atoms with van der Waals surface area (Å²) >= 11 is 6.22. The number of hydrogen-bond donors (Lipinski definition) is 1. The van der Waals surface area contributed by atoms with Crippen LogP contribution in [0, 0.1) is 6.92 Å². The molecule has 0 saturated carbocycles. The second-order valence-corrected chi connectivity index (χ2v) is 4.65. The second-order valence-electron chi connectivity index (χ2n) is 3.52. The molecule has 0 spiro atoms. The van der Waals surface area contributed by atoms with Crippen molar-refractivity contribution in [1.82, 2.24) is 0 Å². The fourth-order valence-corrected chi connectivity index (χ4v) is 2.09. The van der Waals surface area contributed by atoms with Gasteiger partial charge in [-0.05, 0) is 18.6 Å². The molecule has 1 N–H and O–H groups in total. The fourth-order valence-electron chi connectivity index (χ4n) is 1.37. The van der Waals surface area contributed by atoms with Gasteiger partial charge in [0.2, 0.25) is 5.91 Å². The van der Waals surface area contributed by atoms with Crippen molar-refractivity contribution in [1.29, 1.82) is 0 Å². The molecule has 1 aromatic carbocycles. The van der Waals surface area contributed by atoms with Crippen LogP contribution in [0.1, 0.15) is 12.0 Å². The fraction of sp³-hybridized carbons (Fsp3) is 0.364. The zero-order valence-corrected chi connectivity index (χ0v) is 15.0. The minimum atomic E-state index is -0.181. The number of halogens is 1. The van der Waals surface area contributed by atoms with Crippen LogP contribution in [0.4, 0.5) is 5.69 Å². The number of alkyl halides is 1. The van der Waals surface area contributed by atoms with Gasteiger partial charge < -0.3 is 15.3 Å². The van der Waals surface area contributed by atoms with E-state index in [-0.39, 0.29) is 47.8 Å². The van der Waals surface area contributed by atoms with E-state index < -0.39 is 0 Å². The number of nitrogens with one attached hydrogen (secondary N) is 1. The number of methoxy groups -OCH3 is 1. The number of benzene rings is 1. The molecule has 0 aliphatic heterocycles. The van der Waals surface area contributed by atoms with Gasteiger partial charge in [-0.3, -0.25) is 9.83 Å². The van der Waals surface area contributed by atoms with Crippen molar-refractivity contribution in [2.24, 2.45) is 0 Å². The van der Waals surface area contributed by atoms with E-state index in [9.17, 15) is 10.1 Å². The van der Waals surface area contributed by atoms with Gasteiger partial charge in [-0.1, -0.05) is 0 Å². The van der Waals surface area contributed by atoms with E-state index >= 15 is 0 Å². The van der Waals surface area contributed by atoms with Gasteiger partial charge in [0.15, 0.2) is 0 Å². The quantitative estimate of drug-likeness (QED) is 0.223. The van der Waals surface area contributed by atoms with Crippen molar-refractivity contribution in [2.45, 2.75) is 18.2 Å². The summed E-state index contributed by atoms with van der Waals surface area (Å²) in [4.78, 5) is 12.1. The molecule has 20 heavy (non-hydrogen) atoms. The molecule has 0 heterocycles. The number of ether oxygens (including phenoxy) is 1. The Morgan fingerprint density at radius 3 is 2.75 bits per heavy atom. The Morgan fingerprint density at radius 2 is 2.20 bits per heavy atom. The van der Waals surface area contributed by atoms with E-state index in [1.807, 2.05) is 0 Å². The molecule has 0 unspecified atom stereocenters. The maximum Gasteiger partial charge on any atom is 1.00 e. The van der Waals surface area contributed by atoms with Crippen LogP contribution in [0.25, 0.3) is 0 Å². The maximum atomic E-state index is 11.5. The number of rotatable bonds is 7. The van der Waals surface area contributed by atoms with Crippen molar-refractivity contribution in [3.8, 4) is 5.75 Å². The molecule has 1 amide bonds. The second kappa shape index (κ2) is 10.7. The number of carbonyl (C=O) groups excluding carboxylic acids is 1. The van der Waals surface area contributed by atoms with Gasteiger partial charge >= 0.3 is 29.6 Å². The number of carbonyl (C=O) groups is 1. The third kappa shape index (κ3) is 6.19. The van der Waals surface area contributed by atoms with Crippen molar-refractivity contribution < 1.29 is 53.7 Å². The average molecular weight is 330 g/mol. The number of anilines is 1. The van der Waals surface area contributed by atoms with Crippen LogP contribution in [-0.2, 0) is 14.2 Å². The standard InChI is InChI=1S/C11H14ClNO5S.Na/c1-7-5-10(19-18-17-15)9(16-2)6-8(7)13-11(14)3-4-12;/h5-6,15H,3-4H2,1-2H3,(H,13,14);/q;+1/p-1. The zero-order valence-electron chi connectivity index (χ0n) is 11.4. The Balaban J connectivity index is 0.00000361. The molecule has 1 rings (SSSR count). The minimum absolute atomic E-state index is 0. The largest absolute Gasteiger partial charge is 1.00 e. The van der Waals surface area contributed by atoms with Crippen molar-refractivity contribution in [3.63, 3.8) is 0 Å². The first-order valence-electron chi connectivity index (χ1n) is 5.30. The maximum absolute atomic E-state index is 11.5. The van der Waals surface area contributed by atoms with Gasteiger partial charge in [-0.15, -0.1) is 11.6 Å². The summed E-state index contributed by atoms with van der Waals surface area (Å²) in [6.45, 7) is 1.80. The van der Waals surface area contributed by atoms with Crippen LogP contribution in [-0.4, -0.2) is 18.9 Å². The predicted octanol–water partition coefficient (Wildman–Crippen LogP) is -1.19. The molecule has 0 aliphatic rings. The molecule has 0 bridgehead atoms. The molecular formula is C11H13ClNNaO5S. The molecule has 0 fully saturated rings. The van der Waals surface area contributed by atoms with Crippen LogP contribution >= 0.6 is 23.6 Å². The third-order valence-corrected chi connectivity index (χ3v) is 3.07. The summed E-state index contributed by atoms with van der Waals surface area (Å²) in [6, 6.07) is 3.34. The van der Waals surface area contributed by atoms with Crippen LogP contribution in [0.15, 0.2) is 17.0 Å². The molecule has 106 valence electrons. The van der Waals surface area contributed by atoms with E-state index in [0.717, 1.165) is 17.6 Å². The summed E-state index contributed by atoms with van der Waals surface area (Å²) in [7, 11) is 1.47. The first kappa shape index (κ1) is 20.0. The SMILES string of the molecule is COc1cc(NC(=O)CCCl)c(C)cc1SOO[O-].[Na+]. The van der Waals surface area contributed by atoms with Gasteiger partial charge in [0.05, 0.1) is 24.0 Å². The van der Waals surface area contributed by atoms with Gasteiger partial charge in [-0.25, -0.2) is 0 Å². The van der Waals surface area contributed by atoms with Crippen LogP contribution in [0.2, 0.25) is 0 Å². The van der Waals surface area contributed by atoms with Crippen molar-refractivity contribution in [3.05, 3.63) is 17.7 Å². The first-order valence-corrected chi connectivity index (χ1v) is 6.57. The smallest absolute Gasteiger partial charge is 0.691 e. The molecule has 9 heteroatoms.